The lowest BCUT2D eigenvalue weighted by Gasteiger charge is -2.26. The largest absolute Gasteiger partial charge is 0.370 e. The molecule has 0 aromatic heterocycles. The molecule has 1 saturated heterocycles. The van der Waals surface area contributed by atoms with E-state index in [4.69, 9.17) is 0 Å². The molecule has 1 atom stereocenters. The maximum atomic E-state index is 13.8. The van der Waals surface area contributed by atoms with Crippen LogP contribution in [0.3, 0.4) is 0 Å². The summed E-state index contributed by atoms with van der Waals surface area (Å²) in [5.41, 5.74) is 3.44. The van der Waals surface area contributed by atoms with Gasteiger partial charge in [-0.15, -0.1) is 0 Å². The normalized spacial score (nSPS) is 15.8. The van der Waals surface area contributed by atoms with E-state index in [1.165, 1.54) is 0 Å². The van der Waals surface area contributed by atoms with Crippen LogP contribution in [-0.2, 0) is 0 Å². The Morgan fingerprint density at radius 1 is 0.909 bits per heavy atom. The van der Waals surface area contributed by atoms with Crippen LogP contribution in [0.1, 0.15) is 30.5 Å². The van der Waals surface area contributed by atoms with E-state index in [1.807, 2.05) is 71.6 Å². The Labute approximate surface area is 193 Å². The van der Waals surface area contributed by atoms with Crippen LogP contribution in [0.15, 0.2) is 78.9 Å². The van der Waals surface area contributed by atoms with E-state index >= 15 is 0 Å². The predicted octanol–water partition coefficient (Wildman–Crippen LogP) is 5.62. The second-order valence-electron chi connectivity index (χ2n) is 8.31. The average Bonchev–Trinajstić information content (AvgIpc) is 3.10. The van der Waals surface area contributed by atoms with E-state index in [0.29, 0.717) is 25.3 Å². The van der Waals surface area contributed by atoms with Crippen molar-refractivity contribution in [1.82, 2.24) is 4.90 Å². The van der Waals surface area contributed by atoms with E-state index in [-0.39, 0.29) is 16.7 Å². The molecular formula is C26H29FN4O2. The minimum atomic E-state index is -0.975. The molecule has 1 aliphatic heterocycles. The number of hydrogen-bond donors (Lipinski definition) is 1. The standard InChI is InChI=1S/C26H29FN4O2/c1-20(27)29-15-8-16-30(18-17-29)23-13-14-25(31(32)33)24(19-23)28-26(21-9-4-2-5-10-21)22-11-6-3-7-12-22/h2-7,9-14,19-20,26,28H,8,15-18H2,1H3. The van der Waals surface area contributed by atoms with Gasteiger partial charge in [0.15, 0.2) is 6.30 Å². The van der Waals surface area contributed by atoms with Crippen LogP contribution in [0.25, 0.3) is 0 Å². The Kier molecular flexibility index (Phi) is 7.19. The topological polar surface area (TPSA) is 61.7 Å². The molecule has 3 aromatic carbocycles. The molecule has 3 aromatic rings. The van der Waals surface area contributed by atoms with Crippen LogP contribution in [0, 0.1) is 10.1 Å². The highest BCUT2D eigenvalue weighted by Gasteiger charge is 2.23. The number of hydrogen-bond acceptors (Lipinski definition) is 5. The van der Waals surface area contributed by atoms with Crippen molar-refractivity contribution in [3.63, 3.8) is 0 Å². The van der Waals surface area contributed by atoms with Crippen LogP contribution in [0.4, 0.5) is 21.5 Å². The average molecular weight is 449 g/mol. The summed E-state index contributed by atoms with van der Waals surface area (Å²) in [6.45, 7) is 4.34. The number of nitrogens with one attached hydrogen (secondary N) is 1. The summed E-state index contributed by atoms with van der Waals surface area (Å²) in [7, 11) is 0. The van der Waals surface area contributed by atoms with Crippen molar-refractivity contribution in [3.8, 4) is 0 Å². The molecule has 4 rings (SSSR count). The predicted molar refractivity (Wildman–Crippen MR) is 130 cm³/mol. The molecule has 33 heavy (non-hydrogen) atoms. The first-order valence-corrected chi connectivity index (χ1v) is 11.3. The Balaban J connectivity index is 1.67. The monoisotopic (exact) mass is 448 g/mol. The van der Waals surface area contributed by atoms with Crippen molar-refractivity contribution in [2.75, 3.05) is 36.4 Å². The fraction of sp³-hybridized carbons (Fsp3) is 0.308. The third-order valence-electron chi connectivity index (χ3n) is 6.14. The van der Waals surface area contributed by atoms with Gasteiger partial charge in [-0.2, -0.15) is 0 Å². The molecule has 0 saturated carbocycles. The summed E-state index contributed by atoms with van der Waals surface area (Å²) in [5, 5.41) is 15.3. The molecule has 172 valence electrons. The molecule has 1 fully saturated rings. The fourth-order valence-corrected chi connectivity index (χ4v) is 4.35. The number of nitrogens with zero attached hydrogens (tertiary/aromatic N) is 3. The summed E-state index contributed by atoms with van der Waals surface area (Å²) in [6, 6.07) is 24.8. The highest BCUT2D eigenvalue weighted by Crippen LogP contribution is 2.35. The molecule has 1 unspecified atom stereocenters. The van der Waals surface area contributed by atoms with E-state index in [1.54, 1.807) is 19.1 Å². The van der Waals surface area contributed by atoms with Crippen LogP contribution in [0.5, 0.6) is 0 Å². The summed E-state index contributed by atoms with van der Waals surface area (Å²) >= 11 is 0. The van der Waals surface area contributed by atoms with Gasteiger partial charge in [-0.1, -0.05) is 60.7 Å². The van der Waals surface area contributed by atoms with Crippen LogP contribution >= 0.6 is 0 Å². The maximum absolute atomic E-state index is 13.8. The fourth-order valence-electron chi connectivity index (χ4n) is 4.35. The highest BCUT2D eigenvalue weighted by atomic mass is 19.1. The summed E-state index contributed by atoms with van der Waals surface area (Å²) in [5.74, 6) is 0. The molecule has 6 nitrogen and oxygen atoms in total. The number of halogens is 1. The van der Waals surface area contributed by atoms with Gasteiger partial charge >= 0.3 is 0 Å². The molecule has 1 heterocycles. The molecule has 0 amide bonds. The SMILES string of the molecule is CC(F)N1CCCN(c2ccc([N+](=O)[O-])c(NC(c3ccccc3)c3ccccc3)c2)CC1. The van der Waals surface area contributed by atoms with E-state index < -0.39 is 6.30 Å². The van der Waals surface area contributed by atoms with Gasteiger partial charge in [-0.25, -0.2) is 4.39 Å². The third kappa shape index (κ3) is 5.49. The number of anilines is 2. The van der Waals surface area contributed by atoms with Gasteiger partial charge in [-0.05, 0) is 36.6 Å². The zero-order chi connectivity index (χ0) is 23.2. The first-order valence-electron chi connectivity index (χ1n) is 11.3. The molecule has 0 radical (unpaired) electrons. The highest BCUT2D eigenvalue weighted by molar-refractivity contribution is 5.70. The van der Waals surface area contributed by atoms with Gasteiger partial charge in [-0.3, -0.25) is 15.0 Å². The van der Waals surface area contributed by atoms with Crippen LogP contribution in [-0.4, -0.2) is 42.3 Å². The smallest absolute Gasteiger partial charge is 0.292 e. The lowest BCUT2D eigenvalue weighted by molar-refractivity contribution is -0.384. The minimum Gasteiger partial charge on any atom is -0.370 e. The molecule has 1 N–H and O–H groups in total. The van der Waals surface area contributed by atoms with Gasteiger partial charge in [0.1, 0.15) is 5.69 Å². The zero-order valence-electron chi connectivity index (χ0n) is 18.7. The first-order chi connectivity index (χ1) is 16.0. The Hall–Kier alpha value is -3.45. The van der Waals surface area contributed by atoms with E-state index in [9.17, 15) is 14.5 Å². The third-order valence-corrected chi connectivity index (χ3v) is 6.14. The van der Waals surface area contributed by atoms with Crippen molar-refractivity contribution in [2.24, 2.45) is 0 Å². The van der Waals surface area contributed by atoms with E-state index in [0.717, 1.165) is 29.8 Å². The Bertz CT molecular complexity index is 1020. The van der Waals surface area contributed by atoms with Gasteiger partial charge in [0.05, 0.1) is 11.0 Å². The molecule has 0 spiro atoms. The molecule has 1 aliphatic rings. The number of alkyl halides is 1. The van der Waals surface area contributed by atoms with Crippen molar-refractivity contribution in [1.29, 1.82) is 0 Å². The zero-order valence-corrected chi connectivity index (χ0v) is 18.7. The lowest BCUT2D eigenvalue weighted by atomic mass is 9.98. The van der Waals surface area contributed by atoms with Gasteiger partial charge in [0.25, 0.3) is 5.69 Å². The second kappa shape index (κ2) is 10.4. The van der Waals surface area contributed by atoms with Gasteiger partial charge in [0, 0.05) is 37.9 Å². The number of nitro groups is 1. The molecule has 0 bridgehead atoms. The minimum absolute atomic E-state index is 0.0319. The molecular weight excluding hydrogens is 419 g/mol. The van der Waals surface area contributed by atoms with E-state index in [2.05, 4.69) is 10.2 Å². The van der Waals surface area contributed by atoms with Crippen LogP contribution < -0.4 is 10.2 Å². The lowest BCUT2D eigenvalue weighted by Crippen LogP contribution is -2.34. The molecule has 7 heteroatoms. The summed E-state index contributed by atoms with van der Waals surface area (Å²) in [6.07, 6.45) is -0.137. The quantitative estimate of drug-likeness (QED) is 0.289. The number of nitro benzene ring substituents is 1. The van der Waals surface area contributed by atoms with Gasteiger partial charge < -0.3 is 10.2 Å². The first kappa shape index (κ1) is 22.7. The number of benzene rings is 3. The summed E-state index contributed by atoms with van der Waals surface area (Å²) < 4.78 is 13.8. The van der Waals surface area contributed by atoms with Crippen molar-refractivity contribution in [2.45, 2.75) is 25.7 Å². The van der Waals surface area contributed by atoms with Crippen LogP contribution in [0.2, 0.25) is 0 Å². The Morgan fingerprint density at radius 3 is 2.12 bits per heavy atom. The summed E-state index contributed by atoms with van der Waals surface area (Å²) in [4.78, 5) is 15.5. The molecule has 0 aliphatic carbocycles. The Morgan fingerprint density at radius 2 is 1.55 bits per heavy atom. The van der Waals surface area contributed by atoms with Crippen molar-refractivity contribution >= 4 is 17.1 Å². The van der Waals surface area contributed by atoms with Crippen molar-refractivity contribution < 1.29 is 9.31 Å². The number of rotatable bonds is 7. The van der Waals surface area contributed by atoms with Gasteiger partial charge in [0.2, 0.25) is 0 Å². The second-order valence-corrected chi connectivity index (χ2v) is 8.31. The van der Waals surface area contributed by atoms with Crippen molar-refractivity contribution in [3.05, 3.63) is 100 Å². The maximum Gasteiger partial charge on any atom is 0.292 e.